The second-order valence-electron chi connectivity index (χ2n) is 6.31. The van der Waals surface area contributed by atoms with Crippen LogP contribution in [0.4, 0.5) is 22.7 Å². The first-order valence-corrected chi connectivity index (χ1v) is 9.13. The quantitative estimate of drug-likeness (QED) is 0.248. The minimum atomic E-state index is -0.427. The number of nitro benzene ring substituents is 1. The summed E-state index contributed by atoms with van der Waals surface area (Å²) in [6.45, 7) is 4.33. The summed E-state index contributed by atoms with van der Waals surface area (Å²) in [6.07, 6.45) is 6.24. The lowest BCUT2D eigenvalue weighted by Gasteiger charge is -2.14. The van der Waals surface area contributed by atoms with Gasteiger partial charge in [0.25, 0.3) is 5.69 Å². The smallest absolute Gasteiger partial charge is 0.269 e. The number of hydrogen-bond donors (Lipinski definition) is 1. The second-order valence-corrected chi connectivity index (χ2v) is 6.31. The normalized spacial score (nSPS) is 11.2. The average Bonchev–Trinajstić information content (AvgIpc) is 2.65. The van der Waals surface area contributed by atoms with Crippen LogP contribution in [0.25, 0.3) is 0 Å². The van der Waals surface area contributed by atoms with Crippen molar-refractivity contribution < 1.29 is 4.92 Å². The third-order valence-corrected chi connectivity index (χ3v) is 4.34. The Morgan fingerprint density at radius 2 is 1.54 bits per heavy atom. The van der Waals surface area contributed by atoms with Crippen LogP contribution in [0.3, 0.4) is 0 Å². The Labute approximate surface area is 154 Å². The van der Waals surface area contributed by atoms with E-state index in [4.69, 9.17) is 5.73 Å². The van der Waals surface area contributed by atoms with E-state index in [9.17, 15) is 10.1 Å². The second kappa shape index (κ2) is 9.65. The Hall–Kier alpha value is -2.76. The van der Waals surface area contributed by atoms with Crippen LogP contribution >= 0.6 is 0 Å². The predicted octanol–water partition coefficient (Wildman–Crippen LogP) is 6.28. The Balaban J connectivity index is 2.32. The molecule has 2 aromatic rings. The highest BCUT2D eigenvalue weighted by atomic mass is 16.6. The van der Waals surface area contributed by atoms with Gasteiger partial charge in [-0.2, -0.15) is 10.2 Å². The van der Waals surface area contributed by atoms with Gasteiger partial charge in [0.2, 0.25) is 0 Å². The van der Waals surface area contributed by atoms with Gasteiger partial charge in [-0.15, -0.1) is 0 Å². The molecule has 0 aliphatic carbocycles. The molecule has 0 aliphatic rings. The van der Waals surface area contributed by atoms with Crippen molar-refractivity contribution in [1.82, 2.24) is 0 Å². The zero-order valence-electron chi connectivity index (χ0n) is 15.4. The third kappa shape index (κ3) is 5.12. The van der Waals surface area contributed by atoms with Crippen LogP contribution in [0, 0.1) is 10.1 Å². The summed E-state index contributed by atoms with van der Waals surface area (Å²) in [4.78, 5) is 10.3. The standard InChI is InChI=1S/C20H26N4O2/c1-3-5-7-17-18(8-6-4-2)20(14-13-19(17)21)23-22-15-9-11-16(12-10-15)24(25)26/h9-14H,3-8,21H2,1-2H3. The Bertz CT molecular complexity index is 770. The molecule has 0 amide bonds. The molecular weight excluding hydrogens is 328 g/mol. The minimum absolute atomic E-state index is 0.0434. The highest BCUT2D eigenvalue weighted by molar-refractivity contribution is 5.62. The van der Waals surface area contributed by atoms with Crippen molar-refractivity contribution >= 4 is 22.7 Å². The van der Waals surface area contributed by atoms with E-state index in [0.717, 1.165) is 49.9 Å². The summed E-state index contributed by atoms with van der Waals surface area (Å²) in [6, 6.07) is 9.87. The summed E-state index contributed by atoms with van der Waals surface area (Å²) in [7, 11) is 0. The van der Waals surface area contributed by atoms with Crippen LogP contribution in [-0.4, -0.2) is 4.92 Å². The third-order valence-electron chi connectivity index (χ3n) is 4.34. The molecule has 0 spiro atoms. The van der Waals surface area contributed by atoms with Crippen molar-refractivity contribution in [3.05, 3.63) is 57.6 Å². The van der Waals surface area contributed by atoms with Gasteiger partial charge in [0.15, 0.2) is 0 Å². The number of nitrogens with two attached hydrogens (primary N) is 1. The maximum Gasteiger partial charge on any atom is 0.269 e. The number of nitrogens with zero attached hydrogens (tertiary/aromatic N) is 3. The molecule has 0 heterocycles. The minimum Gasteiger partial charge on any atom is -0.398 e. The first kappa shape index (κ1) is 19.6. The summed E-state index contributed by atoms with van der Waals surface area (Å²) < 4.78 is 0. The van der Waals surface area contributed by atoms with Gasteiger partial charge in [-0.1, -0.05) is 26.7 Å². The molecule has 26 heavy (non-hydrogen) atoms. The van der Waals surface area contributed by atoms with Crippen molar-refractivity contribution in [2.75, 3.05) is 5.73 Å². The SMILES string of the molecule is CCCCc1c(N)ccc(N=Nc2ccc([N+](=O)[O-])cc2)c1CCCC. The van der Waals surface area contributed by atoms with Crippen molar-refractivity contribution in [2.24, 2.45) is 10.2 Å². The molecule has 0 aromatic heterocycles. The summed E-state index contributed by atoms with van der Waals surface area (Å²) >= 11 is 0. The number of unbranched alkanes of at least 4 members (excludes halogenated alkanes) is 2. The van der Waals surface area contributed by atoms with E-state index in [0.29, 0.717) is 5.69 Å². The first-order chi connectivity index (χ1) is 12.6. The van der Waals surface area contributed by atoms with Crippen molar-refractivity contribution in [3.8, 4) is 0 Å². The molecule has 2 rings (SSSR count). The van der Waals surface area contributed by atoms with E-state index in [2.05, 4.69) is 24.1 Å². The van der Waals surface area contributed by atoms with Crippen molar-refractivity contribution in [1.29, 1.82) is 0 Å². The molecule has 0 radical (unpaired) electrons. The fraction of sp³-hybridized carbons (Fsp3) is 0.400. The highest BCUT2D eigenvalue weighted by Crippen LogP contribution is 2.32. The van der Waals surface area contributed by atoms with Gasteiger partial charge in [-0.3, -0.25) is 10.1 Å². The van der Waals surface area contributed by atoms with Crippen LogP contribution in [0.15, 0.2) is 46.6 Å². The maximum absolute atomic E-state index is 10.7. The number of nitrogen functional groups attached to an aromatic ring is 1. The lowest BCUT2D eigenvalue weighted by atomic mass is 9.95. The molecule has 2 N–H and O–H groups in total. The molecule has 0 atom stereocenters. The van der Waals surface area contributed by atoms with Crippen LogP contribution in [0.5, 0.6) is 0 Å². The van der Waals surface area contributed by atoms with E-state index in [1.807, 2.05) is 12.1 Å². The predicted molar refractivity (Wildman–Crippen MR) is 105 cm³/mol. The zero-order valence-corrected chi connectivity index (χ0v) is 15.4. The molecule has 0 saturated heterocycles. The molecule has 0 aliphatic heterocycles. The molecule has 138 valence electrons. The lowest BCUT2D eigenvalue weighted by Crippen LogP contribution is -2.01. The fourth-order valence-corrected chi connectivity index (χ4v) is 2.83. The van der Waals surface area contributed by atoms with E-state index in [-0.39, 0.29) is 5.69 Å². The van der Waals surface area contributed by atoms with E-state index in [1.54, 1.807) is 12.1 Å². The van der Waals surface area contributed by atoms with Crippen LogP contribution < -0.4 is 5.73 Å². The van der Waals surface area contributed by atoms with Gasteiger partial charge in [0, 0.05) is 17.8 Å². The molecule has 0 fully saturated rings. The van der Waals surface area contributed by atoms with Gasteiger partial charge >= 0.3 is 0 Å². The lowest BCUT2D eigenvalue weighted by molar-refractivity contribution is -0.384. The van der Waals surface area contributed by atoms with Crippen LogP contribution in [-0.2, 0) is 12.8 Å². The largest absolute Gasteiger partial charge is 0.398 e. The van der Waals surface area contributed by atoms with E-state index in [1.165, 1.54) is 23.3 Å². The Morgan fingerprint density at radius 1 is 0.923 bits per heavy atom. The number of azo groups is 1. The van der Waals surface area contributed by atoms with Gasteiger partial charge < -0.3 is 5.73 Å². The van der Waals surface area contributed by atoms with Gasteiger partial charge in [0.05, 0.1) is 16.3 Å². The van der Waals surface area contributed by atoms with E-state index < -0.39 is 4.92 Å². The molecule has 0 bridgehead atoms. The molecule has 0 saturated carbocycles. The van der Waals surface area contributed by atoms with E-state index >= 15 is 0 Å². The number of anilines is 1. The number of hydrogen-bond acceptors (Lipinski definition) is 5. The Morgan fingerprint density at radius 3 is 2.12 bits per heavy atom. The summed E-state index contributed by atoms with van der Waals surface area (Å²) in [5.74, 6) is 0. The van der Waals surface area contributed by atoms with Gasteiger partial charge in [-0.05, 0) is 61.1 Å². The highest BCUT2D eigenvalue weighted by Gasteiger charge is 2.12. The van der Waals surface area contributed by atoms with Gasteiger partial charge in [0.1, 0.15) is 0 Å². The monoisotopic (exact) mass is 354 g/mol. The average molecular weight is 354 g/mol. The molecule has 6 heteroatoms. The number of non-ortho nitro benzene ring substituents is 1. The molecule has 0 unspecified atom stereocenters. The Kier molecular flexibility index (Phi) is 7.26. The number of benzene rings is 2. The number of rotatable bonds is 9. The van der Waals surface area contributed by atoms with Crippen LogP contribution in [0.1, 0.15) is 50.7 Å². The maximum atomic E-state index is 10.7. The summed E-state index contributed by atoms with van der Waals surface area (Å²) in [5.41, 5.74) is 10.9. The molecular formula is C20H26N4O2. The van der Waals surface area contributed by atoms with Gasteiger partial charge in [-0.25, -0.2) is 0 Å². The number of nitro groups is 1. The molecule has 6 nitrogen and oxygen atoms in total. The fourth-order valence-electron chi connectivity index (χ4n) is 2.83. The zero-order chi connectivity index (χ0) is 18.9. The molecule has 2 aromatic carbocycles. The summed E-state index contributed by atoms with van der Waals surface area (Å²) in [5, 5.41) is 19.4. The van der Waals surface area contributed by atoms with Crippen molar-refractivity contribution in [3.63, 3.8) is 0 Å². The van der Waals surface area contributed by atoms with Crippen LogP contribution in [0.2, 0.25) is 0 Å². The first-order valence-electron chi connectivity index (χ1n) is 9.13. The van der Waals surface area contributed by atoms with Crippen molar-refractivity contribution in [2.45, 2.75) is 52.4 Å². The topological polar surface area (TPSA) is 93.9 Å².